The van der Waals surface area contributed by atoms with Crippen molar-refractivity contribution in [2.24, 2.45) is 0 Å². The van der Waals surface area contributed by atoms with E-state index >= 15 is 0 Å². The maximum Gasteiger partial charge on any atom is 0.179 e. The van der Waals surface area contributed by atoms with Gasteiger partial charge in [-0.1, -0.05) is 0 Å². The standard InChI is InChI=1S/C11H15N3OS2/c1-8-6-9-10(12-7-8)14(11(16)13-9)4-3-5-17(2)15/h6-7H,3-5H2,1-2H3,(H,13,16). The van der Waals surface area contributed by atoms with Crippen molar-refractivity contribution in [3.05, 3.63) is 22.6 Å². The number of H-pyrrole nitrogens is 1. The molecule has 1 unspecified atom stereocenters. The minimum Gasteiger partial charge on any atom is -0.329 e. The Morgan fingerprint density at radius 1 is 1.59 bits per heavy atom. The molecule has 0 saturated heterocycles. The predicted molar refractivity (Wildman–Crippen MR) is 73.2 cm³/mol. The Morgan fingerprint density at radius 3 is 3.06 bits per heavy atom. The zero-order valence-corrected chi connectivity index (χ0v) is 11.5. The van der Waals surface area contributed by atoms with Crippen molar-refractivity contribution in [3.8, 4) is 0 Å². The van der Waals surface area contributed by atoms with E-state index in [0.717, 1.165) is 29.7 Å². The Labute approximate surface area is 108 Å². The van der Waals surface area contributed by atoms with Crippen LogP contribution in [0.4, 0.5) is 0 Å². The molecule has 2 aromatic heterocycles. The van der Waals surface area contributed by atoms with E-state index < -0.39 is 10.8 Å². The molecule has 0 aliphatic rings. The van der Waals surface area contributed by atoms with Crippen LogP contribution in [0, 0.1) is 11.7 Å². The first kappa shape index (κ1) is 12.4. The lowest BCUT2D eigenvalue weighted by Gasteiger charge is -2.02. The highest BCUT2D eigenvalue weighted by molar-refractivity contribution is 7.84. The molecule has 4 nitrogen and oxygen atoms in total. The van der Waals surface area contributed by atoms with Gasteiger partial charge in [0, 0.05) is 35.5 Å². The van der Waals surface area contributed by atoms with Crippen LogP contribution in [0.25, 0.3) is 11.2 Å². The molecule has 17 heavy (non-hydrogen) atoms. The van der Waals surface area contributed by atoms with Crippen molar-refractivity contribution in [1.29, 1.82) is 0 Å². The van der Waals surface area contributed by atoms with Crippen molar-refractivity contribution in [2.45, 2.75) is 19.9 Å². The van der Waals surface area contributed by atoms with Crippen LogP contribution in [0.1, 0.15) is 12.0 Å². The van der Waals surface area contributed by atoms with E-state index in [2.05, 4.69) is 9.97 Å². The van der Waals surface area contributed by atoms with Gasteiger partial charge in [-0.2, -0.15) is 0 Å². The fraction of sp³-hybridized carbons (Fsp3) is 0.455. The molecule has 2 aromatic rings. The topological polar surface area (TPSA) is 50.7 Å². The van der Waals surface area contributed by atoms with Gasteiger partial charge in [0.15, 0.2) is 10.4 Å². The molecule has 0 aromatic carbocycles. The van der Waals surface area contributed by atoms with Crippen molar-refractivity contribution < 1.29 is 4.21 Å². The first-order valence-electron chi connectivity index (χ1n) is 5.43. The third kappa shape index (κ3) is 2.81. The molecule has 0 saturated carbocycles. The summed E-state index contributed by atoms with van der Waals surface area (Å²) in [7, 11) is -0.749. The van der Waals surface area contributed by atoms with E-state index in [1.807, 2.05) is 23.8 Å². The summed E-state index contributed by atoms with van der Waals surface area (Å²) in [4.78, 5) is 7.53. The number of hydrogen-bond donors (Lipinski definition) is 1. The lowest BCUT2D eigenvalue weighted by Crippen LogP contribution is -2.03. The van der Waals surface area contributed by atoms with E-state index in [1.165, 1.54) is 0 Å². The van der Waals surface area contributed by atoms with Gasteiger partial charge in [0.2, 0.25) is 0 Å². The minimum absolute atomic E-state index is 0.681. The summed E-state index contributed by atoms with van der Waals surface area (Å²) >= 11 is 5.27. The Balaban J connectivity index is 2.30. The van der Waals surface area contributed by atoms with Gasteiger partial charge in [-0.3, -0.25) is 4.21 Å². The average Bonchev–Trinajstić information content (AvgIpc) is 2.54. The summed E-state index contributed by atoms with van der Waals surface area (Å²) in [6.07, 6.45) is 4.40. The summed E-state index contributed by atoms with van der Waals surface area (Å²) in [6.45, 7) is 2.76. The number of hydrogen-bond acceptors (Lipinski definition) is 3. The molecule has 0 aliphatic heterocycles. The molecule has 6 heteroatoms. The Hall–Kier alpha value is -1.01. The van der Waals surface area contributed by atoms with Crippen molar-refractivity contribution in [3.63, 3.8) is 0 Å². The molecule has 0 bridgehead atoms. The quantitative estimate of drug-likeness (QED) is 0.865. The van der Waals surface area contributed by atoms with Gasteiger partial charge in [0.25, 0.3) is 0 Å². The van der Waals surface area contributed by atoms with Gasteiger partial charge in [-0.15, -0.1) is 0 Å². The van der Waals surface area contributed by atoms with E-state index in [1.54, 1.807) is 6.26 Å². The zero-order valence-electron chi connectivity index (χ0n) is 9.90. The van der Waals surface area contributed by atoms with E-state index in [0.29, 0.717) is 10.5 Å². The minimum atomic E-state index is -0.749. The molecule has 1 atom stereocenters. The number of nitrogens with zero attached hydrogens (tertiary/aromatic N) is 2. The summed E-state index contributed by atoms with van der Waals surface area (Å²) in [5, 5.41) is 0. The fourth-order valence-electron chi connectivity index (χ4n) is 1.78. The number of fused-ring (bicyclic) bond motifs is 1. The SMILES string of the molecule is Cc1cnc2c(c1)[nH]c(=S)n2CCCS(C)=O. The number of imidazole rings is 1. The third-order valence-electron chi connectivity index (χ3n) is 2.56. The van der Waals surface area contributed by atoms with Gasteiger partial charge >= 0.3 is 0 Å². The van der Waals surface area contributed by atoms with Gasteiger partial charge < -0.3 is 9.55 Å². The highest BCUT2D eigenvalue weighted by atomic mass is 32.2. The van der Waals surface area contributed by atoms with Gasteiger partial charge in [-0.25, -0.2) is 4.98 Å². The monoisotopic (exact) mass is 269 g/mol. The predicted octanol–water partition coefficient (Wildman–Crippen LogP) is 2.17. The maximum absolute atomic E-state index is 11.0. The van der Waals surface area contributed by atoms with Crippen LogP contribution >= 0.6 is 12.2 Å². The molecule has 0 radical (unpaired) electrons. The molecule has 1 N–H and O–H groups in total. The molecular weight excluding hydrogens is 254 g/mol. The maximum atomic E-state index is 11.0. The van der Waals surface area contributed by atoms with E-state index in [9.17, 15) is 4.21 Å². The second-order valence-corrected chi connectivity index (χ2v) is 6.04. The number of aryl methyl sites for hydroxylation is 2. The molecular formula is C11H15N3OS2. The Bertz CT molecular complexity index is 615. The Kier molecular flexibility index (Phi) is 3.73. The number of rotatable bonds is 4. The fourth-order valence-corrected chi connectivity index (χ4v) is 2.60. The smallest absolute Gasteiger partial charge is 0.179 e. The number of aromatic amines is 1. The van der Waals surface area contributed by atoms with Crippen LogP contribution < -0.4 is 0 Å². The number of nitrogens with one attached hydrogen (secondary N) is 1. The van der Waals surface area contributed by atoms with Gasteiger partial charge in [0.05, 0.1) is 5.52 Å². The molecule has 2 heterocycles. The molecule has 0 spiro atoms. The first-order valence-corrected chi connectivity index (χ1v) is 7.56. The van der Waals surface area contributed by atoms with Crippen molar-refractivity contribution in [2.75, 3.05) is 12.0 Å². The van der Waals surface area contributed by atoms with Crippen molar-refractivity contribution in [1.82, 2.24) is 14.5 Å². The van der Waals surface area contributed by atoms with Crippen LogP contribution in [0.5, 0.6) is 0 Å². The third-order valence-corrected chi connectivity index (χ3v) is 3.75. The lowest BCUT2D eigenvalue weighted by molar-refractivity contribution is 0.663. The van der Waals surface area contributed by atoms with E-state index in [-0.39, 0.29) is 0 Å². The molecule has 92 valence electrons. The zero-order chi connectivity index (χ0) is 12.4. The van der Waals surface area contributed by atoms with Crippen LogP contribution in [0.15, 0.2) is 12.3 Å². The van der Waals surface area contributed by atoms with Crippen LogP contribution in [-0.4, -0.2) is 30.8 Å². The lowest BCUT2D eigenvalue weighted by atomic mass is 10.3. The van der Waals surface area contributed by atoms with Crippen LogP contribution in [0.3, 0.4) is 0 Å². The largest absolute Gasteiger partial charge is 0.329 e. The van der Waals surface area contributed by atoms with Gasteiger partial charge in [0.1, 0.15) is 0 Å². The van der Waals surface area contributed by atoms with E-state index in [4.69, 9.17) is 12.2 Å². The van der Waals surface area contributed by atoms with Gasteiger partial charge in [-0.05, 0) is 37.2 Å². The summed E-state index contributed by atoms with van der Waals surface area (Å²) in [5.41, 5.74) is 2.95. The summed E-state index contributed by atoms with van der Waals surface area (Å²) < 4.78 is 13.7. The number of pyridine rings is 1. The first-order chi connectivity index (χ1) is 8.08. The molecule has 0 amide bonds. The number of aromatic nitrogens is 3. The molecule has 0 fully saturated rings. The summed E-state index contributed by atoms with van der Waals surface area (Å²) in [5.74, 6) is 0.695. The molecule has 0 aliphatic carbocycles. The second-order valence-electron chi connectivity index (χ2n) is 4.10. The second kappa shape index (κ2) is 5.10. The average molecular weight is 269 g/mol. The Morgan fingerprint density at radius 2 is 2.35 bits per heavy atom. The van der Waals surface area contributed by atoms with Crippen LogP contribution in [0.2, 0.25) is 0 Å². The normalized spacial score (nSPS) is 13.1. The highest BCUT2D eigenvalue weighted by Crippen LogP contribution is 2.13. The highest BCUT2D eigenvalue weighted by Gasteiger charge is 2.05. The molecule has 2 rings (SSSR count). The van der Waals surface area contributed by atoms with Crippen molar-refractivity contribution >= 4 is 34.2 Å². The summed E-state index contributed by atoms with van der Waals surface area (Å²) in [6, 6.07) is 2.03. The van der Waals surface area contributed by atoms with Crippen LogP contribution in [-0.2, 0) is 17.3 Å².